The van der Waals surface area contributed by atoms with Crippen molar-refractivity contribution in [2.75, 3.05) is 19.0 Å². The average Bonchev–Trinajstić information content (AvgIpc) is 2.98. The van der Waals surface area contributed by atoms with Crippen LogP contribution in [-0.2, 0) is 0 Å². The monoisotopic (exact) mass is 342 g/mol. The molecule has 3 aliphatic rings. The minimum absolute atomic E-state index is 0.435. The second-order valence-electron chi connectivity index (χ2n) is 7.71. The Balaban J connectivity index is 2.23. The quantitative estimate of drug-likeness (QED) is 0.715. The number of benzene rings is 1. The SMILES string of the molecule is CC1=C(C)N(C)C2(C)C1=C(C#N)C(C#N)=C1c3ccccc3N(C)C12C. The summed E-state index contributed by atoms with van der Waals surface area (Å²) in [6, 6.07) is 12.9. The molecule has 2 atom stereocenters. The van der Waals surface area contributed by atoms with Crippen molar-refractivity contribution in [1.29, 1.82) is 10.5 Å². The minimum atomic E-state index is -0.453. The highest BCUT2D eigenvalue weighted by atomic mass is 15.3. The maximum atomic E-state index is 10.0. The molecule has 0 aromatic heterocycles. The van der Waals surface area contributed by atoms with E-state index in [-0.39, 0.29) is 0 Å². The van der Waals surface area contributed by atoms with E-state index in [2.05, 4.69) is 75.9 Å². The fourth-order valence-corrected chi connectivity index (χ4v) is 5.37. The fraction of sp³-hybridized carbons (Fsp3) is 0.364. The van der Waals surface area contributed by atoms with E-state index in [4.69, 9.17) is 0 Å². The second-order valence-corrected chi connectivity index (χ2v) is 7.71. The van der Waals surface area contributed by atoms with Crippen LogP contribution in [0.15, 0.2) is 52.3 Å². The van der Waals surface area contributed by atoms with E-state index in [1.165, 1.54) is 0 Å². The molecule has 0 saturated carbocycles. The first-order valence-electron chi connectivity index (χ1n) is 8.81. The number of hydrogen-bond donors (Lipinski definition) is 0. The molecule has 130 valence electrons. The molecule has 0 saturated heterocycles. The molecule has 4 heteroatoms. The molecule has 2 unspecified atom stereocenters. The van der Waals surface area contributed by atoms with E-state index in [0.717, 1.165) is 33.7 Å². The molecular formula is C22H22N4. The van der Waals surface area contributed by atoms with Crippen molar-refractivity contribution in [3.8, 4) is 12.1 Å². The van der Waals surface area contributed by atoms with E-state index in [0.29, 0.717) is 11.1 Å². The summed E-state index contributed by atoms with van der Waals surface area (Å²) < 4.78 is 0. The average molecular weight is 342 g/mol. The van der Waals surface area contributed by atoms with E-state index < -0.39 is 11.1 Å². The first-order chi connectivity index (χ1) is 12.3. The van der Waals surface area contributed by atoms with Crippen molar-refractivity contribution < 1.29 is 0 Å². The van der Waals surface area contributed by atoms with Crippen LogP contribution < -0.4 is 4.90 Å². The Bertz CT molecular complexity index is 1040. The van der Waals surface area contributed by atoms with Gasteiger partial charge in [-0.1, -0.05) is 18.2 Å². The molecule has 26 heavy (non-hydrogen) atoms. The van der Waals surface area contributed by atoms with Gasteiger partial charge in [-0.2, -0.15) is 10.5 Å². The molecule has 2 heterocycles. The predicted octanol–water partition coefficient (Wildman–Crippen LogP) is 4.00. The first-order valence-corrected chi connectivity index (χ1v) is 8.81. The zero-order valence-electron chi connectivity index (χ0n) is 16.1. The van der Waals surface area contributed by atoms with Crippen molar-refractivity contribution in [3.05, 3.63) is 57.8 Å². The summed E-state index contributed by atoms with van der Waals surface area (Å²) >= 11 is 0. The van der Waals surface area contributed by atoms with Crippen molar-refractivity contribution in [2.24, 2.45) is 0 Å². The van der Waals surface area contributed by atoms with E-state index in [9.17, 15) is 10.5 Å². The zero-order chi connectivity index (χ0) is 19.0. The third kappa shape index (κ3) is 1.42. The summed E-state index contributed by atoms with van der Waals surface area (Å²) in [5.41, 5.74) is 6.52. The Labute approximate surface area is 154 Å². The smallest absolute Gasteiger partial charge is 0.101 e. The van der Waals surface area contributed by atoms with Crippen molar-refractivity contribution in [3.63, 3.8) is 0 Å². The van der Waals surface area contributed by atoms with Crippen LogP contribution in [0.3, 0.4) is 0 Å². The Morgan fingerprint density at radius 1 is 0.846 bits per heavy atom. The Morgan fingerprint density at radius 2 is 1.38 bits per heavy atom. The molecule has 1 aromatic rings. The highest BCUT2D eigenvalue weighted by Gasteiger charge is 2.64. The highest BCUT2D eigenvalue weighted by molar-refractivity contribution is 6.00. The highest BCUT2D eigenvalue weighted by Crippen LogP contribution is 2.63. The number of para-hydroxylation sites is 1. The maximum Gasteiger partial charge on any atom is 0.101 e. The summed E-state index contributed by atoms with van der Waals surface area (Å²) in [5.74, 6) is 0. The van der Waals surface area contributed by atoms with Crippen LogP contribution in [0.1, 0.15) is 33.3 Å². The third-order valence-corrected chi connectivity index (χ3v) is 7.19. The number of nitrogens with zero attached hydrogens (tertiary/aromatic N) is 4. The van der Waals surface area contributed by atoms with E-state index in [1.54, 1.807) is 0 Å². The maximum absolute atomic E-state index is 10.0. The Kier molecular flexibility index (Phi) is 3.04. The molecule has 0 radical (unpaired) electrons. The van der Waals surface area contributed by atoms with Crippen LogP contribution in [0.25, 0.3) is 5.57 Å². The standard InChI is InChI=1S/C22H22N4/c1-13-14(2)25(5)21(3)19(13)16(11-23)17(12-24)20-15-9-7-8-10-18(15)26(6)22(20,21)4/h7-10H,1-6H3. The topological polar surface area (TPSA) is 54.1 Å². The van der Waals surface area contributed by atoms with Crippen molar-refractivity contribution >= 4 is 11.3 Å². The van der Waals surface area contributed by atoms with Gasteiger partial charge in [-0.05, 0) is 39.3 Å². The van der Waals surface area contributed by atoms with Gasteiger partial charge >= 0.3 is 0 Å². The van der Waals surface area contributed by atoms with Gasteiger partial charge in [-0.3, -0.25) is 0 Å². The Morgan fingerprint density at radius 3 is 2.00 bits per heavy atom. The number of likely N-dealkylation sites (N-methyl/N-ethyl adjacent to an activating group) is 2. The van der Waals surface area contributed by atoms with Gasteiger partial charge in [0.15, 0.2) is 0 Å². The third-order valence-electron chi connectivity index (χ3n) is 7.19. The van der Waals surface area contributed by atoms with Gasteiger partial charge in [-0.25, -0.2) is 0 Å². The van der Waals surface area contributed by atoms with Crippen molar-refractivity contribution in [1.82, 2.24) is 4.90 Å². The summed E-state index contributed by atoms with van der Waals surface area (Å²) in [4.78, 5) is 4.57. The summed E-state index contributed by atoms with van der Waals surface area (Å²) in [7, 11) is 4.19. The molecule has 2 aliphatic heterocycles. The van der Waals surface area contributed by atoms with Gasteiger partial charge in [-0.15, -0.1) is 0 Å². The molecule has 4 rings (SSSR count). The molecule has 0 bridgehead atoms. The van der Waals surface area contributed by atoms with E-state index in [1.807, 2.05) is 12.1 Å². The summed E-state index contributed by atoms with van der Waals surface area (Å²) in [5, 5.41) is 20.1. The largest absolute Gasteiger partial charge is 0.366 e. The first kappa shape index (κ1) is 16.5. The minimum Gasteiger partial charge on any atom is -0.366 e. The molecule has 1 aromatic carbocycles. The lowest BCUT2D eigenvalue weighted by molar-refractivity contribution is 0.174. The molecule has 0 amide bonds. The molecule has 1 aliphatic carbocycles. The molecule has 0 fully saturated rings. The molecule has 0 spiro atoms. The van der Waals surface area contributed by atoms with Gasteiger partial charge in [0.1, 0.15) is 12.1 Å². The molecule has 4 nitrogen and oxygen atoms in total. The summed E-state index contributed by atoms with van der Waals surface area (Å²) in [6.45, 7) is 8.57. The van der Waals surface area contributed by atoms with Crippen LogP contribution in [0.2, 0.25) is 0 Å². The number of nitriles is 2. The number of anilines is 1. The number of allylic oxidation sites excluding steroid dienone is 3. The Hall–Kier alpha value is -2.98. The summed E-state index contributed by atoms with van der Waals surface area (Å²) in [6.07, 6.45) is 0. The zero-order valence-corrected chi connectivity index (χ0v) is 16.1. The van der Waals surface area contributed by atoms with Gasteiger partial charge in [0.25, 0.3) is 0 Å². The van der Waals surface area contributed by atoms with Gasteiger partial charge in [0.05, 0.1) is 22.2 Å². The predicted molar refractivity (Wildman–Crippen MR) is 103 cm³/mol. The van der Waals surface area contributed by atoms with E-state index >= 15 is 0 Å². The number of fused-ring (bicyclic) bond motifs is 5. The van der Waals surface area contributed by atoms with Crippen LogP contribution in [0, 0.1) is 22.7 Å². The van der Waals surface area contributed by atoms with Gasteiger partial charge in [0.2, 0.25) is 0 Å². The van der Waals surface area contributed by atoms with Crippen molar-refractivity contribution in [2.45, 2.75) is 38.8 Å². The van der Waals surface area contributed by atoms with Crippen LogP contribution in [0.5, 0.6) is 0 Å². The normalized spacial score (nSPS) is 29.5. The van der Waals surface area contributed by atoms with Gasteiger partial charge in [0, 0.05) is 42.2 Å². The van der Waals surface area contributed by atoms with Gasteiger partial charge < -0.3 is 9.80 Å². The lowest BCUT2D eigenvalue weighted by Gasteiger charge is -2.55. The number of hydrogen-bond acceptors (Lipinski definition) is 4. The van der Waals surface area contributed by atoms with Crippen LogP contribution in [-0.4, -0.2) is 30.1 Å². The number of rotatable bonds is 0. The fourth-order valence-electron chi connectivity index (χ4n) is 5.37. The molecule has 0 N–H and O–H groups in total. The molecular weight excluding hydrogens is 320 g/mol. The second kappa shape index (κ2) is 4.80. The lowest BCUT2D eigenvalue weighted by atomic mass is 9.62. The van der Waals surface area contributed by atoms with Crippen LogP contribution >= 0.6 is 0 Å². The lowest BCUT2D eigenvalue weighted by Crippen LogP contribution is -2.65. The van der Waals surface area contributed by atoms with Crippen LogP contribution in [0.4, 0.5) is 5.69 Å².